The zero-order valence-electron chi connectivity index (χ0n) is 11.1. The number of aromatic amines is 1. The lowest BCUT2D eigenvalue weighted by Crippen LogP contribution is -2.34. The monoisotopic (exact) mass is 260 g/mol. The van der Waals surface area contributed by atoms with Crippen LogP contribution < -0.4 is 11.2 Å². The minimum atomic E-state index is 0.000431. The topological polar surface area (TPSA) is 82.3 Å². The van der Waals surface area contributed by atoms with Crippen LogP contribution in [-0.4, -0.2) is 34.4 Å². The molecule has 0 radical (unpaired) electrons. The van der Waals surface area contributed by atoms with Gasteiger partial charge in [-0.05, 0) is 38.9 Å². The van der Waals surface area contributed by atoms with E-state index in [0.717, 1.165) is 43.1 Å². The molecule has 4 N–H and O–H groups in total. The van der Waals surface area contributed by atoms with E-state index in [2.05, 4.69) is 15.3 Å². The standard InChI is InChI=1S/C13H20N6/c1-9-12(11-4-7-16-8-19(11)14)18-13(17-9)10-2-5-15-6-3-10/h4,7-8,10-11,15H,2-3,5-6,14H2,1H3,(H,17,18). The molecule has 1 aromatic rings. The van der Waals surface area contributed by atoms with Crippen molar-refractivity contribution in [2.24, 2.45) is 10.8 Å². The number of rotatable bonds is 2. The number of aromatic nitrogens is 2. The molecule has 3 rings (SSSR count). The van der Waals surface area contributed by atoms with Crippen LogP contribution in [0.5, 0.6) is 0 Å². The summed E-state index contributed by atoms with van der Waals surface area (Å²) in [5.74, 6) is 7.57. The Hall–Kier alpha value is -1.66. The number of aliphatic imine (C=N–C) groups is 1. The number of hydrazine groups is 1. The fourth-order valence-electron chi connectivity index (χ4n) is 2.74. The zero-order chi connectivity index (χ0) is 13.2. The molecule has 6 nitrogen and oxygen atoms in total. The summed E-state index contributed by atoms with van der Waals surface area (Å²) in [7, 11) is 0. The molecule has 19 heavy (non-hydrogen) atoms. The van der Waals surface area contributed by atoms with Crippen molar-refractivity contribution in [3.8, 4) is 0 Å². The number of imidazole rings is 1. The Balaban J connectivity index is 1.84. The van der Waals surface area contributed by atoms with Gasteiger partial charge in [0.25, 0.3) is 0 Å². The highest BCUT2D eigenvalue weighted by atomic mass is 15.4. The first-order valence-corrected chi connectivity index (χ1v) is 6.76. The van der Waals surface area contributed by atoms with Crippen molar-refractivity contribution >= 4 is 6.34 Å². The summed E-state index contributed by atoms with van der Waals surface area (Å²) in [6.45, 7) is 4.17. The molecule has 0 amide bonds. The van der Waals surface area contributed by atoms with E-state index in [0.29, 0.717) is 5.92 Å². The lowest BCUT2D eigenvalue weighted by atomic mass is 9.98. The molecule has 0 aromatic carbocycles. The maximum atomic E-state index is 5.94. The molecule has 1 aromatic heterocycles. The van der Waals surface area contributed by atoms with E-state index in [4.69, 9.17) is 10.8 Å². The molecule has 0 saturated carbocycles. The van der Waals surface area contributed by atoms with Crippen LogP contribution in [0.2, 0.25) is 0 Å². The summed E-state index contributed by atoms with van der Waals surface area (Å²) in [6, 6.07) is 0.000431. The highest BCUT2D eigenvalue weighted by Crippen LogP contribution is 2.28. The molecule has 2 aliphatic rings. The lowest BCUT2D eigenvalue weighted by Gasteiger charge is -2.24. The van der Waals surface area contributed by atoms with Crippen molar-refractivity contribution in [2.75, 3.05) is 13.1 Å². The number of hydrogen-bond donors (Lipinski definition) is 3. The van der Waals surface area contributed by atoms with Crippen LogP contribution >= 0.6 is 0 Å². The van der Waals surface area contributed by atoms with Gasteiger partial charge in [0, 0.05) is 12.1 Å². The van der Waals surface area contributed by atoms with Gasteiger partial charge in [0.1, 0.15) is 18.2 Å². The molecule has 1 atom stereocenters. The first kappa shape index (κ1) is 12.4. The van der Waals surface area contributed by atoms with E-state index in [1.54, 1.807) is 17.5 Å². The summed E-state index contributed by atoms with van der Waals surface area (Å²) in [6.07, 6.45) is 7.67. The smallest absolute Gasteiger partial charge is 0.109 e. The van der Waals surface area contributed by atoms with E-state index in [1.807, 2.05) is 13.0 Å². The van der Waals surface area contributed by atoms with Gasteiger partial charge >= 0.3 is 0 Å². The minimum absolute atomic E-state index is 0.000431. The maximum absolute atomic E-state index is 5.94. The second-order valence-electron chi connectivity index (χ2n) is 5.14. The fourth-order valence-corrected chi connectivity index (χ4v) is 2.74. The van der Waals surface area contributed by atoms with Gasteiger partial charge in [0.05, 0.1) is 11.4 Å². The summed E-state index contributed by atoms with van der Waals surface area (Å²) in [5.41, 5.74) is 2.09. The molecular weight excluding hydrogens is 240 g/mol. The largest absolute Gasteiger partial charge is 0.343 e. The Kier molecular flexibility index (Phi) is 3.35. The molecule has 1 fully saturated rings. The van der Waals surface area contributed by atoms with Crippen molar-refractivity contribution in [3.05, 3.63) is 29.5 Å². The van der Waals surface area contributed by atoms with Crippen molar-refractivity contribution in [3.63, 3.8) is 0 Å². The van der Waals surface area contributed by atoms with Gasteiger partial charge in [-0.3, -0.25) is 5.01 Å². The van der Waals surface area contributed by atoms with Gasteiger partial charge in [0.15, 0.2) is 0 Å². The number of nitrogens with two attached hydrogens (primary N) is 1. The minimum Gasteiger partial charge on any atom is -0.343 e. The molecule has 0 aliphatic carbocycles. The third kappa shape index (κ3) is 2.41. The molecule has 1 saturated heterocycles. The summed E-state index contributed by atoms with van der Waals surface area (Å²) < 4.78 is 0. The van der Waals surface area contributed by atoms with Gasteiger partial charge in [-0.25, -0.2) is 15.8 Å². The van der Waals surface area contributed by atoms with Crippen LogP contribution in [0.25, 0.3) is 0 Å². The average Bonchev–Trinajstić information content (AvgIpc) is 2.82. The first-order valence-electron chi connectivity index (χ1n) is 6.76. The molecule has 2 aliphatic heterocycles. The number of nitrogens with one attached hydrogen (secondary N) is 2. The van der Waals surface area contributed by atoms with Crippen LogP contribution in [0.3, 0.4) is 0 Å². The molecular formula is C13H20N6. The third-order valence-electron chi connectivity index (χ3n) is 3.84. The normalized spacial score (nSPS) is 24.1. The van der Waals surface area contributed by atoms with Crippen molar-refractivity contribution < 1.29 is 0 Å². The second-order valence-corrected chi connectivity index (χ2v) is 5.14. The third-order valence-corrected chi connectivity index (χ3v) is 3.84. The Bertz CT molecular complexity index is 497. The molecule has 1 unspecified atom stereocenters. The van der Waals surface area contributed by atoms with E-state index < -0.39 is 0 Å². The van der Waals surface area contributed by atoms with Gasteiger partial charge in [-0.1, -0.05) is 0 Å². The number of H-pyrrole nitrogens is 1. The molecule has 0 spiro atoms. The van der Waals surface area contributed by atoms with Crippen LogP contribution in [0, 0.1) is 6.92 Å². The second kappa shape index (κ2) is 5.14. The number of nitrogens with zero attached hydrogens (tertiary/aromatic N) is 3. The van der Waals surface area contributed by atoms with Gasteiger partial charge in [-0.2, -0.15) is 0 Å². The van der Waals surface area contributed by atoms with E-state index in [9.17, 15) is 0 Å². The van der Waals surface area contributed by atoms with Crippen LogP contribution in [0.4, 0.5) is 0 Å². The SMILES string of the molecule is Cc1nc(C2CCNCC2)[nH]c1C1C=CN=CN1N. The summed E-state index contributed by atoms with van der Waals surface area (Å²) in [5, 5.41) is 4.98. The quantitative estimate of drug-likeness (QED) is 0.692. The lowest BCUT2D eigenvalue weighted by molar-refractivity contribution is 0.379. The predicted octanol–water partition coefficient (Wildman–Crippen LogP) is 0.958. The highest BCUT2D eigenvalue weighted by Gasteiger charge is 2.24. The number of hydrogen-bond acceptors (Lipinski definition) is 5. The first-order chi connectivity index (χ1) is 9.25. The summed E-state index contributed by atoms with van der Waals surface area (Å²) >= 11 is 0. The molecule has 102 valence electrons. The Morgan fingerprint density at radius 3 is 2.89 bits per heavy atom. The van der Waals surface area contributed by atoms with Gasteiger partial charge < -0.3 is 10.3 Å². The maximum Gasteiger partial charge on any atom is 0.109 e. The number of aryl methyl sites for hydroxylation is 1. The van der Waals surface area contributed by atoms with Crippen LogP contribution in [0.1, 0.15) is 42.0 Å². The van der Waals surface area contributed by atoms with Crippen molar-refractivity contribution in [2.45, 2.75) is 31.7 Å². The number of piperidine rings is 1. The van der Waals surface area contributed by atoms with Gasteiger partial charge in [0.2, 0.25) is 0 Å². The van der Waals surface area contributed by atoms with Crippen molar-refractivity contribution in [1.82, 2.24) is 20.3 Å². The summed E-state index contributed by atoms with van der Waals surface area (Å²) in [4.78, 5) is 12.2. The Morgan fingerprint density at radius 2 is 2.16 bits per heavy atom. The van der Waals surface area contributed by atoms with E-state index in [1.165, 1.54) is 0 Å². The van der Waals surface area contributed by atoms with Gasteiger partial charge in [-0.15, -0.1) is 0 Å². The average molecular weight is 260 g/mol. The van der Waals surface area contributed by atoms with E-state index >= 15 is 0 Å². The predicted molar refractivity (Wildman–Crippen MR) is 74.6 cm³/mol. The Morgan fingerprint density at radius 1 is 1.37 bits per heavy atom. The fraction of sp³-hybridized carbons (Fsp3) is 0.538. The molecule has 6 heteroatoms. The van der Waals surface area contributed by atoms with Crippen LogP contribution in [-0.2, 0) is 0 Å². The Labute approximate surface area is 112 Å². The zero-order valence-corrected chi connectivity index (χ0v) is 11.1. The highest BCUT2D eigenvalue weighted by molar-refractivity contribution is 5.58. The van der Waals surface area contributed by atoms with E-state index in [-0.39, 0.29) is 6.04 Å². The molecule has 3 heterocycles. The van der Waals surface area contributed by atoms with Crippen molar-refractivity contribution in [1.29, 1.82) is 0 Å². The van der Waals surface area contributed by atoms with Crippen LogP contribution in [0.15, 0.2) is 17.3 Å². The molecule has 0 bridgehead atoms.